The normalized spacial score (nSPS) is 13.7. The van der Waals surface area contributed by atoms with Gasteiger partial charge in [0.1, 0.15) is 11.6 Å². The predicted octanol–water partition coefficient (Wildman–Crippen LogP) is 2.01. The van der Waals surface area contributed by atoms with Gasteiger partial charge in [-0.2, -0.15) is 13.2 Å². The van der Waals surface area contributed by atoms with Crippen LogP contribution in [0.1, 0.15) is 27.2 Å². The number of alkyl carbamates (subject to hydrolysis) is 1. The topological polar surface area (TPSA) is 64.6 Å². The molecule has 0 saturated carbocycles. The van der Waals surface area contributed by atoms with Crippen LogP contribution in [0.5, 0.6) is 0 Å². The summed E-state index contributed by atoms with van der Waals surface area (Å²) in [6.45, 7) is 4.53. The largest absolute Gasteiger partial charge is 0.469 e. The van der Waals surface area contributed by atoms with Crippen molar-refractivity contribution in [1.29, 1.82) is 0 Å². The molecule has 1 atom stereocenters. The second kappa shape index (κ2) is 5.92. The van der Waals surface area contributed by atoms with E-state index in [9.17, 15) is 22.8 Å². The van der Waals surface area contributed by atoms with Crippen molar-refractivity contribution in [1.82, 2.24) is 5.32 Å². The van der Waals surface area contributed by atoms with Gasteiger partial charge in [-0.05, 0) is 20.8 Å². The fourth-order valence-corrected chi connectivity index (χ4v) is 0.948. The summed E-state index contributed by atoms with van der Waals surface area (Å²) in [5.74, 6) is -1.08. The summed E-state index contributed by atoms with van der Waals surface area (Å²) in [6.07, 6.45) is -7.00. The molecule has 1 N–H and O–H groups in total. The molecule has 8 heteroatoms. The van der Waals surface area contributed by atoms with Gasteiger partial charge in [-0.15, -0.1) is 0 Å². The van der Waals surface area contributed by atoms with E-state index in [1.165, 1.54) is 20.8 Å². The molecule has 5 nitrogen and oxygen atoms in total. The Labute approximate surface area is 103 Å². The highest BCUT2D eigenvalue weighted by Gasteiger charge is 2.43. The summed E-state index contributed by atoms with van der Waals surface area (Å²) in [6, 6.07) is -2.33. The number of halogens is 3. The lowest BCUT2D eigenvalue weighted by atomic mass is 10.2. The van der Waals surface area contributed by atoms with Crippen LogP contribution in [-0.2, 0) is 14.3 Å². The Hall–Kier alpha value is -1.47. The first-order valence-corrected chi connectivity index (χ1v) is 5.08. The maximum absolute atomic E-state index is 12.5. The van der Waals surface area contributed by atoms with Crippen LogP contribution in [0, 0.1) is 0 Å². The highest BCUT2D eigenvalue weighted by molar-refractivity contribution is 5.73. The fourth-order valence-electron chi connectivity index (χ4n) is 0.948. The molecule has 0 saturated heterocycles. The molecule has 0 aliphatic heterocycles. The summed E-state index contributed by atoms with van der Waals surface area (Å²) in [5.41, 5.74) is -0.925. The average molecular weight is 271 g/mol. The van der Waals surface area contributed by atoms with E-state index in [-0.39, 0.29) is 0 Å². The maximum atomic E-state index is 12.5. The number of rotatable bonds is 3. The predicted molar refractivity (Wildman–Crippen MR) is 55.8 cm³/mol. The van der Waals surface area contributed by atoms with Crippen LogP contribution >= 0.6 is 0 Å². The molecular weight excluding hydrogens is 255 g/mol. The lowest BCUT2D eigenvalue weighted by Crippen LogP contribution is -2.48. The molecule has 0 aromatic carbocycles. The number of hydrogen-bond donors (Lipinski definition) is 1. The van der Waals surface area contributed by atoms with Crippen molar-refractivity contribution >= 4 is 12.1 Å². The van der Waals surface area contributed by atoms with Gasteiger partial charge in [0.15, 0.2) is 0 Å². The third-order valence-electron chi connectivity index (χ3n) is 1.68. The van der Waals surface area contributed by atoms with E-state index < -0.39 is 36.3 Å². The summed E-state index contributed by atoms with van der Waals surface area (Å²) in [5, 5.41) is 1.59. The quantitative estimate of drug-likeness (QED) is 0.797. The minimum Gasteiger partial charge on any atom is -0.469 e. The van der Waals surface area contributed by atoms with E-state index >= 15 is 0 Å². The Bertz CT molecular complexity index is 309. The number of methoxy groups -OCH3 is 1. The van der Waals surface area contributed by atoms with Crippen LogP contribution in [0.4, 0.5) is 18.0 Å². The zero-order valence-corrected chi connectivity index (χ0v) is 10.6. The highest BCUT2D eigenvalue weighted by atomic mass is 19.4. The van der Waals surface area contributed by atoms with E-state index in [4.69, 9.17) is 0 Å². The van der Waals surface area contributed by atoms with Gasteiger partial charge in [-0.25, -0.2) is 4.79 Å². The molecular formula is C10H16F3NO4. The SMILES string of the molecule is COC(=O)C[C@H](NC(=O)OC(C)(C)C)C(F)(F)F. The molecule has 0 rings (SSSR count). The lowest BCUT2D eigenvalue weighted by Gasteiger charge is -2.24. The minimum absolute atomic E-state index is 0.925. The van der Waals surface area contributed by atoms with Crippen LogP contribution in [0.3, 0.4) is 0 Å². The molecule has 0 radical (unpaired) electrons. The molecule has 18 heavy (non-hydrogen) atoms. The lowest BCUT2D eigenvalue weighted by molar-refractivity contribution is -0.167. The maximum Gasteiger partial charge on any atom is 0.409 e. The van der Waals surface area contributed by atoms with Gasteiger partial charge in [0, 0.05) is 0 Å². The van der Waals surface area contributed by atoms with Gasteiger partial charge in [0.05, 0.1) is 13.5 Å². The second-order valence-electron chi connectivity index (χ2n) is 4.52. The molecule has 0 spiro atoms. The van der Waals surface area contributed by atoms with Crippen molar-refractivity contribution in [3.63, 3.8) is 0 Å². The first-order chi connectivity index (χ1) is 7.95. The number of carbonyl (C=O) groups is 2. The van der Waals surface area contributed by atoms with E-state index in [2.05, 4.69) is 9.47 Å². The molecule has 1 amide bonds. The van der Waals surface area contributed by atoms with Crippen molar-refractivity contribution in [3.05, 3.63) is 0 Å². The molecule has 0 bridgehead atoms. The molecule has 106 valence electrons. The number of carbonyl (C=O) groups excluding carboxylic acids is 2. The van der Waals surface area contributed by atoms with E-state index in [1.807, 2.05) is 0 Å². The van der Waals surface area contributed by atoms with E-state index in [0.717, 1.165) is 7.11 Å². The number of hydrogen-bond acceptors (Lipinski definition) is 4. The monoisotopic (exact) mass is 271 g/mol. The number of esters is 1. The molecule has 0 fully saturated rings. The van der Waals surface area contributed by atoms with Crippen LogP contribution in [0.25, 0.3) is 0 Å². The van der Waals surface area contributed by atoms with Gasteiger partial charge in [0.25, 0.3) is 0 Å². The van der Waals surface area contributed by atoms with Crippen molar-refractivity contribution in [2.75, 3.05) is 7.11 Å². The molecule has 0 aromatic rings. The summed E-state index contributed by atoms with van der Waals surface area (Å²) >= 11 is 0. The Kier molecular flexibility index (Phi) is 5.44. The van der Waals surface area contributed by atoms with Crippen molar-refractivity contribution in [2.45, 2.75) is 45.0 Å². The van der Waals surface area contributed by atoms with Gasteiger partial charge < -0.3 is 14.8 Å². The molecule has 0 unspecified atom stereocenters. The number of nitrogens with one attached hydrogen (secondary N) is 1. The summed E-state index contributed by atoms with van der Waals surface area (Å²) < 4.78 is 46.4. The number of ether oxygens (including phenoxy) is 2. The first kappa shape index (κ1) is 16.5. The van der Waals surface area contributed by atoms with Crippen LogP contribution < -0.4 is 5.32 Å². The third kappa shape index (κ3) is 6.97. The first-order valence-electron chi connectivity index (χ1n) is 5.08. The van der Waals surface area contributed by atoms with Crippen LogP contribution in [0.15, 0.2) is 0 Å². The van der Waals surface area contributed by atoms with Crippen LogP contribution in [0.2, 0.25) is 0 Å². The smallest absolute Gasteiger partial charge is 0.409 e. The average Bonchev–Trinajstić information content (AvgIpc) is 2.11. The zero-order valence-electron chi connectivity index (χ0n) is 10.6. The molecule has 0 aliphatic rings. The van der Waals surface area contributed by atoms with Gasteiger partial charge >= 0.3 is 18.2 Å². The molecule has 0 heterocycles. The van der Waals surface area contributed by atoms with Gasteiger partial charge in [-0.1, -0.05) is 0 Å². The van der Waals surface area contributed by atoms with Crippen LogP contribution in [-0.4, -0.2) is 37.0 Å². The van der Waals surface area contributed by atoms with Gasteiger partial charge in [0.2, 0.25) is 0 Å². The number of amides is 1. The summed E-state index contributed by atoms with van der Waals surface area (Å²) in [7, 11) is 0.962. The van der Waals surface area contributed by atoms with Gasteiger partial charge in [-0.3, -0.25) is 4.79 Å². The minimum atomic E-state index is -4.76. The van der Waals surface area contributed by atoms with Crippen molar-refractivity contribution < 1.29 is 32.2 Å². The standard InChI is InChI=1S/C10H16F3NO4/c1-9(2,3)18-8(16)14-6(10(11,12)13)5-7(15)17-4/h6H,5H2,1-4H3,(H,14,16)/t6-/m0/s1. The van der Waals surface area contributed by atoms with E-state index in [1.54, 1.807) is 5.32 Å². The second-order valence-corrected chi connectivity index (χ2v) is 4.52. The number of alkyl halides is 3. The van der Waals surface area contributed by atoms with Crippen molar-refractivity contribution in [2.24, 2.45) is 0 Å². The van der Waals surface area contributed by atoms with E-state index in [0.29, 0.717) is 0 Å². The fraction of sp³-hybridized carbons (Fsp3) is 0.800. The Morgan fingerprint density at radius 2 is 1.72 bits per heavy atom. The summed E-state index contributed by atoms with van der Waals surface area (Å²) in [4.78, 5) is 22.0. The Morgan fingerprint density at radius 3 is 2.06 bits per heavy atom. The third-order valence-corrected chi connectivity index (χ3v) is 1.68. The Morgan fingerprint density at radius 1 is 1.22 bits per heavy atom. The Balaban J connectivity index is 4.61. The zero-order chi connectivity index (χ0) is 14.6. The molecule has 0 aromatic heterocycles. The highest BCUT2D eigenvalue weighted by Crippen LogP contribution is 2.23. The molecule has 0 aliphatic carbocycles. The van der Waals surface area contributed by atoms with Crippen molar-refractivity contribution in [3.8, 4) is 0 Å².